The third-order valence-electron chi connectivity index (χ3n) is 4.32. The third-order valence-corrected chi connectivity index (χ3v) is 5.24. The summed E-state index contributed by atoms with van der Waals surface area (Å²) in [6.07, 6.45) is 6.93. The molecule has 0 spiro atoms. The van der Waals surface area contributed by atoms with E-state index in [0.717, 1.165) is 26.8 Å². The molecule has 0 bridgehead atoms. The first kappa shape index (κ1) is 18.1. The number of aryl methyl sites for hydroxylation is 1. The van der Waals surface area contributed by atoms with Gasteiger partial charge >= 0.3 is 0 Å². The quantitative estimate of drug-likeness (QED) is 0.544. The normalized spacial score (nSPS) is 10.8. The molecule has 0 radical (unpaired) electrons. The first-order chi connectivity index (χ1) is 13.7. The fourth-order valence-electron chi connectivity index (χ4n) is 2.98. The first-order valence-electron chi connectivity index (χ1n) is 8.94. The number of hydrogen-bond donors (Lipinski definition) is 1. The monoisotopic (exact) mass is 389 g/mol. The number of carbonyl (C=O) groups is 1. The molecular weight excluding hydrogens is 370 g/mol. The van der Waals surface area contributed by atoms with Gasteiger partial charge in [0.2, 0.25) is 0 Å². The number of hydrogen-bond acceptors (Lipinski definition) is 5. The van der Waals surface area contributed by atoms with Crippen molar-refractivity contribution in [2.45, 2.75) is 13.5 Å². The number of nitrogens with zero attached hydrogens (tertiary/aromatic N) is 4. The first-order valence-corrected chi connectivity index (χ1v) is 9.75. The van der Waals surface area contributed by atoms with Gasteiger partial charge in [0.05, 0.1) is 27.6 Å². The fraction of sp³-hybridized carbons (Fsp3) is 0.143. The van der Waals surface area contributed by atoms with Gasteiger partial charge in [-0.3, -0.25) is 9.78 Å². The largest absolute Gasteiger partial charge is 0.350 e. The molecule has 1 N–H and O–H groups in total. The van der Waals surface area contributed by atoms with Crippen molar-refractivity contribution in [2.75, 3.05) is 6.54 Å². The van der Waals surface area contributed by atoms with E-state index in [1.807, 2.05) is 37.6 Å². The van der Waals surface area contributed by atoms with Crippen LogP contribution in [0, 0.1) is 6.92 Å². The lowest BCUT2D eigenvalue weighted by Gasteiger charge is -2.10. The minimum atomic E-state index is -0.110. The zero-order chi connectivity index (χ0) is 19.3. The van der Waals surface area contributed by atoms with Crippen molar-refractivity contribution in [1.82, 2.24) is 24.8 Å². The molecule has 3 aromatic heterocycles. The molecule has 140 valence electrons. The van der Waals surface area contributed by atoms with Crippen molar-refractivity contribution < 1.29 is 4.79 Å². The number of carbonyl (C=O) groups excluding carboxylic acids is 1. The molecule has 0 fully saturated rings. The average Bonchev–Trinajstić information content (AvgIpc) is 3.35. The molecule has 4 rings (SSSR count). The van der Waals surface area contributed by atoms with E-state index in [0.29, 0.717) is 18.7 Å². The fourth-order valence-corrected chi connectivity index (χ4v) is 3.82. The van der Waals surface area contributed by atoms with Crippen LogP contribution in [-0.4, -0.2) is 32.0 Å². The van der Waals surface area contributed by atoms with Gasteiger partial charge in [-0.15, -0.1) is 11.3 Å². The molecular formula is C21H19N5OS. The summed E-state index contributed by atoms with van der Waals surface area (Å²) in [5.41, 5.74) is 3.60. The maximum Gasteiger partial charge on any atom is 0.251 e. The average molecular weight is 389 g/mol. The molecule has 0 atom stereocenters. The molecule has 0 aliphatic carbocycles. The second kappa shape index (κ2) is 8.14. The Labute approximate surface area is 166 Å². The van der Waals surface area contributed by atoms with E-state index < -0.39 is 0 Å². The zero-order valence-electron chi connectivity index (χ0n) is 15.4. The van der Waals surface area contributed by atoms with Crippen LogP contribution in [0.5, 0.6) is 0 Å². The summed E-state index contributed by atoms with van der Waals surface area (Å²) in [6.45, 7) is 3.10. The van der Waals surface area contributed by atoms with Crippen molar-refractivity contribution in [1.29, 1.82) is 0 Å². The van der Waals surface area contributed by atoms with E-state index in [1.165, 1.54) is 0 Å². The summed E-state index contributed by atoms with van der Waals surface area (Å²) < 4.78 is 2.07. The number of rotatable bonds is 6. The second-order valence-electron chi connectivity index (χ2n) is 6.24. The van der Waals surface area contributed by atoms with Crippen LogP contribution in [0.15, 0.2) is 67.4 Å². The number of amides is 1. The summed E-state index contributed by atoms with van der Waals surface area (Å²) in [5, 5.41) is 3.96. The molecule has 7 heteroatoms. The number of pyridine rings is 1. The maximum atomic E-state index is 12.2. The Morgan fingerprint density at radius 2 is 1.89 bits per heavy atom. The van der Waals surface area contributed by atoms with Crippen LogP contribution in [0.4, 0.5) is 0 Å². The molecule has 4 aromatic rings. The van der Waals surface area contributed by atoms with Gasteiger partial charge in [0, 0.05) is 42.8 Å². The molecule has 3 heterocycles. The number of thiazole rings is 1. The van der Waals surface area contributed by atoms with Gasteiger partial charge in [-0.25, -0.2) is 9.97 Å². The summed E-state index contributed by atoms with van der Waals surface area (Å²) in [4.78, 5) is 26.3. The van der Waals surface area contributed by atoms with E-state index in [9.17, 15) is 4.79 Å². The van der Waals surface area contributed by atoms with Gasteiger partial charge in [-0.2, -0.15) is 0 Å². The highest BCUT2D eigenvalue weighted by atomic mass is 32.1. The van der Waals surface area contributed by atoms with Crippen LogP contribution < -0.4 is 5.32 Å². The highest BCUT2D eigenvalue weighted by molar-refractivity contribution is 7.15. The number of imidazole rings is 1. The van der Waals surface area contributed by atoms with Crippen molar-refractivity contribution in [3.63, 3.8) is 0 Å². The van der Waals surface area contributed by atoms with Gasteiger partial charge in [-0.1, -0.05) is 30.3 Å². The molecule has 0 aliphatic rings. The summed E-state index contributed by atoms with van der Waals surface area (Å²) >= 11 is 1.64. The van der Waals surface area contributed by atoms with E-state index in [2.05, 4.69) is 37.0 Å². The summed E-state index contributed by atoms with van der Waals surface area (Å²) in [7, 11) is 0. The predicted octanol–water partition coefficient (Wildman–Crippen LogP) is 3.81. The number of aromatic nitrogens is 4. The lowest BCUT2D eigenvalue weighted by molar-refractivity contribution is 0.0952. The van der Waals surface area contributed by atoms with Gasteiger partial charge in [-0.05, 0) is 19.1 Å². The van der Waals surface area contributed by atoms with Gasteiger partial charge in [0.15, 0.2) is 0 Å². The standard InChI is InChI=1S/C21H19N5OS/c1-15-24-13-18(28-15)20-19(16-5-3-2-4-6-16)25-14-26(20)12-11-23-21(27)17-7-9-22-10-8-17/h2-10,13-14H,11-12H2,1H3,(H,23,27). The Hall–Kier alpha value is -3.32. The number of nitrogens with one attached hydrogen (secondary N) is 1. The third kappa shape index (κ3) is 3.84. The molecule has 6 nitrogen and oxygen atoms in total. The minimum Gasteiger partial charge on any atom is -0.350 e. The van der Waals surface area contributed by atoms with Crippen LogP contribution >= 0.6 is 11.3 Å². The van der Waals surface area contributed by atoms with Crippen molar-refractivity contribution in [3.8, 4) is 21.8 Å². The van der Waals surface area contributed by atoms with Crippen molar-refractivity contribution in [3.05, 3.63) is 78.0 Å². The smallest absolute Gasteiger partial charge is 0.251 e. The van der Waals surface area contributed by atoms with E-state index in [1.54, 1.807) is 35.9 Å². The second-order valence-corrected chi connectivity index (χ2v) is 7.47. The summed E-state index contributed by atoms with van der Waals surface area (Å²) in [6, 6.07) is 13.5. The highest BCUT2D eigenvalue weighted by Gasteiger charge is 2.17. The molecule has 1 aromatic carbocycles. The minimum absolute atomic E-state index is 0.110. The molecule has 1 amide bonds. The van der Waals surface area contributed by atoms with Crippen molar-refractivity contribution >= 4 is 17.2 Å². The Morgan fingerprint density at radius 1 is 1.11 bits per heavy atom. The Bertz CT molecular complexity index is 1070. The van der Waals surface area contributed by atoms with Crippen molar-refractivity contribution in [2.24, 2.45) is 0 Å². The maximum absolute atomic E-state index is 12.2. The number of benzene rings is 1. The van der Waals surface area contributed by atoms with E-state index >= 15 is 0 Å². The predicted molar refractivity (Wildman–Crippen MR) is 110 cm³/mol. The Kier molecular flexibility index (Phi) is 5.25. The molecule has 0 saturated carbocycles. The van der Waals surface area contributed by atoms with Crippen LogP contribution in [0.2, 0.25) is 0 Å². The van der Waals surface area contributed by atoms with Gasteiger partial charge < -0.3 is 9.88 Å². The molecule has 0 aliphatic heterocycles. The lowest BCUT2D eigenvalue weighted by atomic mass is 10.1. The molecule has 0 saturated heterocycles. The molecule has 0 unspecified atom stereocenters. The van der Waals surface area contributed by atoms with Crippen LogP contribution in [0.3, 0.4) is 0 Å². The van der Waals surface area contributed by atoms with E-state index in [-0.39, 0.29) is 5.91 Å². The van der Waals surface area contributed by atoms with Gasteiger partial charge in [0.25, 0.3) is 5.91 Å². The zero-order valence-corrected chi connectivity index (χ0v) is 16.2. The lowest BCUT2D eigenvalue weighted by Crippen LogP contribution is -2.27. The van der Waals surface area contributed by atoms with E-state index in [4.69, 9.17) is 0 Å². The van der Waals surface area contributed by atoms with Gasteiger partial charge in [0.1, 0.15) is 0 Å². The van der Waals surface area contributed by atoms with Crippen LogP contribution in [0.1, 0.15) is 15.4 Å². The Balaban J connectivity index is 1.57. The van der Waals surface area contributed by atoms with Crippen LogP contribution in [0.25, 0.3) is 21.8 Å². The summed E-state index contributed by atoms with van der Waals surface area (Å²) in [5.74, 6) is -0.110. The van der Waals surface area contributed by atoms with Crippen LogP contribution in [-0.2, 0) is 6.54 Å². The Morgan fingerprint density at radius 3 is 2.61 bits per heavy atom. The SMILES string of the molecule is Cc1ncc(-c2c(-c3ccccc3)ncn2CCNC(=O)c2ccncc2)s1. The highest BCUT2D eigenvalue weighted by Crippen LogP contribution is 2.34. The molecule has 28 heavy (non-hydrogen) atoms. The topological polar surface area (TPSA) is 72.7 Å².